The first-order valence-electron chi connectivity index (χ1n) is 4.13. The fourth-order valence-corrected chi connectivity index (χ4v) is 1.02. The van der Waals surface area contributed by atoms with Crippen LogP contribution in [0.2, 0.25) is 0 Å². The van der Waals surface area contributed by atoms with Crippen molar-refractivity contribution in [1.82, 2.24) is 0 Å². The van der Waals surface area contributed by atoms with Crippen LogP contribution in [0.15, 0.2) is 24.3 Å². The van der Waals surface area contributed by atoms with Gasteiger partial charge in [-0.05, 0) is 25.1 Å². The molecule has 1 aromatic rings. The molecule has 4 nitrogen and oxygen atoms in total. The van der Waals surface area contributed by atoms with E-state index in [1.165, 1.54) is 12.1 Å². The largest absolute Gasteiger partial charge is 0.478 e. The monoisotopic (exact) mass is 190 g/mol. The molecule has 0 aliphatic carbocycles. The first-order chi connectivity index (χ1) is 6.63. The Labute approximate surface area is 81.8 Å². The molecule has 0 saturated heterocycles. The van der Waals surface area contributed by atoms with Crippen LogP contribution in [0, 0.1) is 11.3 Å². The molecule has 0 aromatic heterocycles. The van der Waals surface area contributed by atoms with E-state index in [2.05, 4.69) is 5.32 Å². The molecule has 0 radical (unpaired) electrons. The molecule has 0 spiro atoms. The van der Waals surface area contributed by atoms with Gasteiger partial charge in [0.1, 0.15) is 6.04 Å². The average Bonchev–Trinajstić information content (AvgIpc) is 2.18. The van der Waals surface area contributed by atoms with Crippen molar-refractivity contribution in [3.8, 4) is 6.07 Å². The summed E-state index contributed by atoms with van der Waals surface area (Å²) in [7, 11) is 0. The van der Waals surface area contributed by atoms with Gasteiger partial charge in [-0.25, -0.2) is 4.79 Å². The minimum atomic E-state index is -0.974. The minimum absolute atomic E-state index is 0.208. The molecule has 72 valence electrons. The number of hydrogen-bond donors (Lipinski definition) is 2. The van der Waals surface area contributed by atoms with E-state index in [1.54, 1.807) is 19.1 Å². The summed E-state index contributed by atoms with van der Waals surface area (Å²) < 4.78 is 0. The van der Waals surface area contributed by atoms with Gasteiger partial charge >= 0.3 is 5.97 Å². The molecule has 4 heteroatoms. The van der Waals surface area contributed by atoms with E-state index in [-0.39, 0.29) is 11.6 Å². The molecule has 0 aliphatic rings. The van der Waals surface area contributed by atoms with Crippen LogP contribution in [0.5, 0.6) is 0 Å². The molecule has 1 aromatic carbocycles. The maximum atomic E-state index is 10.6. The maximum Gasteiger partial charge on any atom is 0.335 e. The number of nitriles is 1. The van der Waals surface area contributed by atoms with Crippen molar-refractivity contribution in [2.24, 2.45) is 0 Å². The maximum absolute atomic E-state index is 10.6. The predicted molar refractivity (Wildman–Crippen MR) is 52.1 cm³/mol. The van der Waals surface area contributed by atoms with E-state index >= 15 is 0 Å². The van der Waals surface area contributed by atoms with Crippen LogP contribution in [0.1, 0.15) is 17.3 Å². The van der Waals surface area contributed by atoms with Crippen molar-refractivity contribution >= 4 is 11.7 Å². The first-order valence-corrected chi connectivity index (χ1v) is 4.13. The van der Waals surface area contributed by atoms with Gasteiger partial charge in [0.25, 0.3) is 0 Å². The van der Waals surface area contributed by atoms with E-state index in [0.29, 0.717) is 5.69 Å². The molecule has 2 N–H and O–H groups in total. The second-order valence-corrected chi connectivity index (χ2v) is 2.88. The highest BCUT2D eigenvalue weighted by Crippen LogP contribution is 2.11. The Morgan fingerprint density at radius 1 is 1.64 bits per heavy atom. The van der Waals surface area contributed by atoms with Crippen molar-refractivity contribution in [1.29, 1.82) is 5.26 Å². The summed E-state index contributed by atoms with van der Waals surface area (Å²) in [5.41, 5.74) is 0.846. The van der Waals surface area contributed by atoms with Crippen molar-refractivity contribution in [3.63, 3.8) is 0 Å². The van der Waals surface area contributed by atoms with E-state index < -0.39 is 5.97 Å². The second kappa shape index (κ2) is 4.28. The molecule has 1 atom stereocenters. The summed E-state index contributed by atoms with van der Waals surface area (Å²) in [4.78, 5) is 10.6. The number of anilines is 1. The average molecular weight is 190 g/mol. The van der Waals surface area contributed by atoms with Gasteiger partial charge in [-0.1, -0.05) is 6.07 Å². The third kappa shape index (κ3) is 2.49. The van der Waals surface area contributed by atoms with Gasteiger partial charge < -0.3 is 10.4 Å². The number of carbonyl (C=O) groups is 1. The Kier molecular flexibility index (Phi) is 3.08. The highest BCUT2D eigenvalue weighted by molar-refractivity contribution is 5.88. The Balaban J connectivity index is 2.85. The molecule has 1 unspecified atom stereocenters. The first kappa shape index (κ1) is 10.1. The SMILES string of the molecule is CC(C#N)Nc1cccc(C(=O)O)c1. The van der Waals surface area contributed by atoms with Crippen LogP contribution >= 0.6 is 0 Å². The number of carboxylic acid groups (broad SMARTS) is 1. The lowest BCUT2D eigenvalue weighted by Crippen LogP contribution is -2.12. The van der Waals surface area contributed by atoms with E-state index in [4.69, 9.17) is 10.4 Å². The lowest BCUT2D eigenvalue weighted by atomic mass is 10.2. The highest BCUT2D eigenvalue weighted by atomic mass is 16.4. The summed E-state index contributed by atoms with van der Waals surface area (Å²) in [5, 5.41) is 20.1. The van der Waals surface area contributed by atoms with Crippen LogP contribution in [0.25, 0.3) is 0 Å². The molecule has 0 bridgehead atoms. The Hall–Kier alpha value is -2.02. The lowest BCUT2D eigenvalue weighted by Gasteiger charge is -2.07. The van der Waals surface area contributed by atoms with Gasteiger partial charge in [0, 0.05) is 5.69 Å². The van der Waals surface area contributed by atoms with Gasteiger partial charge in [0.05, 0.1) is 11.6 Å². The number of carboxylic acids is 1. The standard InChI is InChI=1S/C10H10N2O2/c1-7(6-11)12-9-4-2-3-8(5-9)10(13)14/h2-5,7,12H,1H3,(H,13,14). The zero-order chi connectivity index (χ0) is 10.6. The summed E-state index contributed by atoms with van der Waals surface area (Å²) in [6.45, 7) is 1.70. The zero-order valence-corrected chi connectivity index (χ0v) is 7.69. The third-order valence-corrected chi connectivity index (χ3v) is 1.69. The number of nitrogens with zero attached hydrogens (tertiary/aromatic N) is 1. The van der Waals surface area contributed by atoms with E-state index in [0.717, 1.165) is 0 Å². The molecule has 0 amide bonds. The second-order valence-electron chi connectivity index (χ2n) is 2.88. The lowest BCUT2D eigenvalue weighted by molar-refractivity contribution is 0.0697. The summed E-state index contributed by atoms with van der Waals surface area (Å²) in [5.74, 6) is -0.974. The quantitative estimate of drug-likeness (QED) is 0.760. The van der Waals surface area contributed by atoms with Gasteiger partial charge in [-0.3, -0.25) is 0 Å². The molecule has 0 saturated carbocycles. The van der Waals surface area contributed by atoms with Crippen LogP contribution in [0.3, 0.4) is 0 Å². The number of benzene rings is 1. The molecule has 0 aliphatic heterocycles. The third-order valence-electron chi connectivity index (χ3n) is 1.69. The van der Waals surface area contributed by atoms with Crippen LogP contribution in [0.4, 0.5) is 5.69 Å². The highest BCUT2D eigenvalue weighted by Gasteiger charge is 2.04. The minimum Gasteiger partial charge on any atom is -0.478 e. The number of rotatable bonds is 3. The van der Waals surface area contributed by atoms with Crippen LogP contribution in [-0.2, 0) is 0 Å². The Morgan fingerprint density at radius 2 is 2.36 bits per heavy atom. The van der Waals surface area contributed by atoms with Gasteiger partial charge in [-0.2, -0.15) is 5.26 Å². The normalized spacial score (nSPS) is 11.4. The van der Waals surface area contributed by atoms with Crippen molar-refractivity contribution in [2.45, 2.75) is 13.0 Å². The molecular weight excluding hydrogens is 180 g/mol. The summed E-state index contributed by atoms with van der Waals surface area (Å²) >= 11 is 0. The fourth-order valence-electron chi connectivity index (χ4n) is 1.02. The van der Waals surface area contributed by atoms with Crippen LogP contribution in [-0.4, -0.2) is 17.1 Å². The topological polar surface area (TPSA) is 73.1 Å². The van der Waals surface area contributed by atoms with Gasteiger partial charge in [-0.15, -0.1) is 0 Å². The molecule has 0 fully saturated rings. The number of aromatic carboxylic acids is 1. The molecule has 0 heterocycles. The van der Waals surface area contributed by atoms with Gasteiger partial charge in [0.15, 0.2) is 0 Å². The summed E-state index contributed by atoms with van der Waals surface area (Å²) in [6, 6.07) is 8.03. The van der Waals surface area contributed by atoms with Crippen molar-refractivity contribution in [2.75, 3.05) is 5.32 Å². The smallest absolute Gasteiger partial charge is 0.335 e. The number of nitrogens with one attached hydrogen (secondary N) is 1. The molecule has 14 heavy (non-hydrogen) atoms. The fraction of sp³-hybridized carbons (Fsp3) is 0.200. The Bertz CT molecular complexity index is 382. The van der Waals surface area contributed by atoms with Gasteiger partial charge in [0.2, 0.25) is 0 Å². The van der Waals surface area contributed by atoms with Crippen molar-refractivity contribution in [3.05, 3.63) is 29.8 Å². The molecule has 1 rings (SSSR count). The summed E-state index contributed by atoms with van der Waals surface area (Å²) in [6.07, 6.45) is 0. The molecular formula is C10H10N2O2. The van der Waals surface area contributed by atoms with E-state index in [1.807, 2.05) is 6.07 Å². The number of hydrogen-bond acceptors (Lipinski definition) is 3. The zero-order valence-electron chi connectivity index (χ0n) is 7.69. The van der Waals surface area contributed by atoms with Crippen molar-refractivity contribution < 1.29 is 9.90 Å². The Morgan fingerprint density at radius 3 is 2.93 bits per heavy atom. The predicted octanol–water partition coefficient (Wildman–Crippen LogP) is 1.71. The van der Waals surface area contributed by atoms with Crippen LogP contribution < -0.4 is 5.32 Å². The van der Waals surface area contributed by atoms with E-state index in [9.17, 15) is 4.79 Å².